The van der Waals surface area contributed by atoms with Gasteiger partial charge in [-0.15, -0.1) is 0 Å². The summed E-state index contributed by atoms with van der Waals surface area (Å²) in [5.41, 5.74) is 5.69. The maximum absolute atomic E-state index is 13.7. The van der Waals surface area contributed by atoms with E-state index in [0.29, 0.717) is 32.5 Å². The van der Waals surface area contributed by atoms with Crippen molar-refractivity contribution in [3.8, 4) is 5.75 Å². The van der Waals surface area contributed by atoms with Crippen molar-refractivity contribution >= 4 is 27.0 Å². The zero-order valence-electron chi connectivity index (χ0n) is 25.8. The normalized spacial score (nSPS) is 14.1. The van der Waals surface area contributed by atoms with Gasteiger partial charge in [0.15, 0.2) is 0 Å². The van der Waals surface area contributed by atoms with Gasteiger partial charge in [0.25, 0.3) is 0 Å². The third kappa shape index (κ3) is 13.5. The molecule has 45 heavy (non-hydrogen) atoms. The van der Waals surface area contributed by atoms with E-state index in [2.05, 4.69) is 0 Å². The van der Waals surface area contributed by atoms with Crippen LogP contribution in [0.2, 0.25) is 0 Å². The van der Waals surface area contributed by atoms with E-state index in [-0.39, 0.29) is 23.7 Å². The molecule has 11 heteroatoms. The number of fused-ring (bicyclic) bond motifs is 1. The molecule has 0 heterocycles. The number of unbranched alkanes of at least 4 members (excludes halogenated alkanes) is 4. The molecule has 1 aliphatic carbocycles. The summed E-state index contributed by atoms with van der Waals surface area (Å²) in [6.07, 6.45) is 2.07. The van der Waals surface area contributed by atoms with E-state index in [1.165, 1.54) is 23.3 Å². The second kappa shape index (κ2) is 17.7. The van der Waals surface area contributed by atoms with Crippen LogP contribution in [0.4, 0.5) is 17.6 Å². The summed E-state index contributed by atoms with van der Waals surface area (Å²) in [4.78, 5) is 13.2. The molecule has 0 atom stereocenters. The predicted molar refractivity (Wildman–Crippen MR) is 169 cm³/mol. The average Bonchev–Trinajstić information content (AvgIpc) is 3.13. The van der Waals surface area contributed by atoms with Gasteiger partial charge in [-0.1, -0.05) is 31.0 Å². The standard InChI is InChI=1S/C34H45F4NO5S/c35-28-14-12-26(13-15-28)30-11-7-9-27-25-29(40)16-17-31(27)32(30)10-3-1-2-4-20-39(22-18-33(41)42)21-5-6-23-45(43,44)24-8-19-34(36,37)38/h12-17,25,40H,1-11,18-24H2,(H,41,42). The number of allylic oxidation sites excluding steroid dienone is 2. The first-order valence-corrected chi connectivity index (χ1v) is 17.7. The number of rotatable bonds is 19. The van der Waals surface area contributed by atoms with Gasteiger partial charge in [-0.3, -0.25) is 4.79 Å². The van der Waals surface area contributed by atoms with Crippen LogP contribution in [-0.2, 0) is 21.1 Å². The summed E-state index contributed by atoms with van der Waals surface area (Å²) >= 11 is 0. The zero-order valence-corrected chi connectivity index (χ0v) is 26.6. The minimum atomic E-state index is -4.37. The van der Waals surface area contributed by atoms with Crippen molar-refractivity contribution in [2.24, 2.45) is 0 Å². The summed E-state index contributed by atoms with van der Waals surface area (Å²) in [5, 5.41) is 19.2. The fourth-order valence-corrected chi connectivity index (χ4v) is 7.37. The van der Waals surface area contributed by atoms with Crippen molar-refractivity contribution < 1.29 is 41.0 Å². The lowest BCUT2D eigenvalue weighted by Crippen LogP contribution is -2.29. The maximum Gasteiger partial charge on any atom is 0.389 e. The second-order valence-corrected chi connectivity index (χ2v) is 14.2. The van der Waals surface area contributed by atoms with Gasteiger partial charge in [-0.05, 0) is 123 Å². The molecule has 0 saturated heterocycles. The molecule has 0 amide bonds. The molecule has 0 saturated carbocycles. The van der Waals surface area contributed by atoms with E-state index in [4.69, 9.17) is 5.11 Å². The summed E-state index contributed by atoms with van der Waals surface area (Å²) in [7, 11) is -3.56. The van der Waals surface area contributed by atoms with Gasteiger partial charge in [0.1, 0.15) is 21.4 Å². The number of hydrogen-bond donors (Lipinski definition) is 2. The molecule has 2 N–H and O–H groups in total. The van der Waals surface area contributed by atoms with E-state index in [1.807, 2.05) is 29.2 Å². The number of phenols is 1. The number of carboxylic acids is 1. The van der Waals surface area contributed by atoms with E-state index >= 15 is 0 Å². The van der Waals surface area contributed by atoms with Crippen molar-refractivity contribution in [3.63, 3.8) is 0 Å². The molecule has 3 rings (SSSR count). The molecular weight excluding hydrogens is 610 g/mol. The highest BCUT2D eigenvalue weighted by atomic mass is 32.2. The van der Waals surface area contributed by atoms with E-state index in [0.717, 1.165) is 68.1 Å². The fraction of sp³-hybridized carbons (Fsp3) is 0.559. The van der Waals surface area contributed by atoms with Crippen molar-refractivity contribution in [2.45, 2.75) is 89.6 Å². The molecule has 0 bridgehead atoms. The number of aliphatic carboxylic acids is 1. The Balaban J connectivity index is 1.50. The summed E-state index contributed by atoms with van der Waals surface area (Å²) in [5.74, 6) is -1.59. The van der Waals surface area contributed by atoms with Crippen molar-refractivity contribution in [2.75, 3.05) is 31.1 Å². The topological polar surface area (TPSA) is 94.9 Å². The molecule has 1 aliphatic rings. The Labute approximate surface area is 264 Å². The van der Waals surface area contributed by atoms with Crippen LogP contribution < -0.4 is 0 Å². The zero-order chi connectivity index (χ0) is 32.9. The average molecular weight is 656 g/mol. The Bertz CT molecular complexity index is 1370. The molecular formula is C34H45F4NO5S. The Morgan fingerprint density at radius 1 is 0.844 bits per heavy atom. The number of benzene rings is 2. The molecule has 250 valence electrons. The number of hydrogen-bond acceptors (Lipinski definition) is 5. The van der Waals surface area contributed by atoms with Crippen molar-refractivity contribution in [3.05, 3.63) is 65.0 Å². The largest absolute Gasteiger partial charge is 0.508 e. The number of alkyl halides is 3. The molecule has 0 unspecified atom stereocenters. The maximum atomic E-state index is 13.7. The number of halogens is 4. The van der Waals surface area contributed by atoms with E-state index in [1.54, 1.807) is 6.07 Å². The first-order chi connectivity index (χ1) is 21.3. The van der Waals surface area contributed by atoms with Crippen LogP contribution >= 0.6 is 0 Å². The fourth-order valence-electron chi connectivity index (χ4n) is 5.94. The number of nitrogens with zero attached hydrogens (tertiary/aromatic N) is 1. The minimum absolute atomic E-state index is 0.0228. The Hall–Kier alpha value is -2.92. The monoisotopic (exact) mass is 655 g/mol. The molecule has 0 spiro atoms. The lowest BCUT2D eigenvalue weighted by molar-refractivity contribution is -0.137. The van der Waals surface area contributed by atoms with Crippen LogP contribution in [0, 0.1) is 5.82 Å². The van der Waals surface area contributed by atoms with Crippen LogP contribution in [0.3, 0.4) is 0 Å². The summed E-state index contributed by atoms with van der Waals surface area (Å²) in [6.45, 7) is 1.56. The quantitative estimate of drug-likeness (QED) is 0.118. The number of sulfone groups is 1. The number of carboxylic acid groups (broad SMARTS) is 1. The lowest BCUT2D eigenvalue weighted by Gasteiger charge is -2.21. The van der Waals surface area contributed by atoms with Gasteiger partial charge in [0.05, 0.1) is 17.9 Å². The van der Waals surface area contributed by atoms with Crippen LogP contribution in [0.15, 0.2) is 42.5 Å². The molecule has 0 radical (unpaired) electrons. The van der Waals surface area contributed by atoms with E-state index in [9.17, 15) is 35.9 Å². The highest BCUT2D eigenvalue weighted by Crippen LogP contribution is 2.39. The molecule has 0 aliphatic heterocycles. The number of phenolic OH excluding ortho intramolecular Hbond substituents is 1. The molecule has 2 aromatic carbocycles. The van der Waals surface area contributed by atoms with Gasteiger partial charge in [0.2, 0.25) is 0 Å². The third-order valence-electron chi connectivity index (χ3n) is 8.23. The highest BCUT2D eigenvalue weighted by molar-refractivity contribution is 7.91. The van der Waals surface area contributed by atoms with Gasteiger partial charge >= 0.3 is 12.1 Å². The van der Waals surface area contributed by atoms with E-state index < -0.39 is 40.6 Å². The van der Waals surface area contributed by atoms with Gasteiger partial charge in [0, 0.05) is 13.0 Å². The van der Waals surface area contributed by atoms with Crippen LogP contribution in [0.1, 0.15) is 93.7 Å². The smallest absolute Gasteiger partial charge is 0.389 e. The van der Waals surface area contributed by atoms with Crippen molar-refractivity contribution in [1.82, 2.24) is 4.90 Å². The van der Waals surface area contributed by atoms with Gasteiger partial charge < -0.3 is 15.1 Å². The molecule has 0 aromatic heterocycles. The van der Waals surface area contributed by atoms with Crippen LogP contribution in [-0.4, -0.2) is 66.8 Å². The van der Waals surface area contributed by atoms with Crippen LogP contribution in [0.5, 0.6) is 5.75 Å². The first kappa shape index (κ1) is 36.5. The summed E-state index contributed by atoms with van der Waals surface area (Å²) < 4.78 is 74.8. The highest BCUT2D eigenvalue weighted by Gasteiger charge is 2.27. The summed E-state index contributed by atoms with van der Waals surface area (Å²) in [6, 6.07) is 12.1. The first-order valence-electron chi connectivity index (χ1n) is 15.8. The number of carbonyl (C=O) groups is 1. The predicted octanol–water partition coefficient (Wildman–Crippen LogP) is 8.04. The Morgan fingerprint density at radius 2 is 1.51 bits per heavy atom. The Kier molecular flexibility index (Phi) is 14.4. The third-order valence-corrected chi connectivity index (χ3v) is 10.1. The van der Waals surface area contributed by atoms with Crippen molar-refractivity contribution in [1.29, 1.82) is 0 Å². The SMILES string of the molecule is O=C(O)CCN(CCCCCCC1=C(c2ccc(F)cc2)CCCc2cc(O)ccc21)CCCCS(=O)(=O)CCCC(F)(F)F. The molecule has 2 aromatic rings. The number of aromatic hydroxyl groups is 1. The minimum Gasteiger partial charge on any atom is -0.508 e. The molecule has 6 nitrogen and oxygen atoms in total. The van der Waals surface area contributed by atoms with Gasteiger partial charge in [-0.2, -0.15) is 13.2 Å². The van der Waals surface area contributed by atoms with Crippen LogP contribution in [0.25, 0.3) is 11.1 Å². The lowest BCUT2D eigenvalue weighted by atomic mass is 9.89. The molecule has 0 fully saturated rings. The number of aryl methyl sites for hydroxylation is 1. The van der Waals surface area contributed by atoms with Gasteiger partial charge in [-0.25, -0.2) is 12.8 Å². The second-order valence-electron chi connectivity index (χ2n) is 11.9. The Morgan fingerprint density at radius 3 is 2.20 bits per heavy atom.